The van der Waals surface area contributed by atoms with Crippen molar-refractivity contribution < 1.29 is 0 Å². The van der Waals surface area contributed by atoms with E-state index in [9.17, 15) is 0 Å². The van der Waals surface area contributed by atoms with Crippen LogP contribution >= 0.6 is 11.6 Å². The summed E-state index contributed by atoms with van der Waals surface area (Å²) in [6.07, 6.45) is 3.30. The Morgan fingerprint density at radius 3 is 2.71 bits per heavy atom. The molecule has 0 saturated heterocycles. The zero-order valence-corrected chi connectivity index (χ0v) is 10.7. The molecule has 0 aliphatic rings. The Bertz CT molecular complexity index is 533. The van der Waals surface area contributed by atoms with E-state index in [2.05, 4.69) is 10.1 Å². The van der Waals surface area contributed by atoms with Crippen LogP contribution in [0.3, 0.4) is 0 Å². The number of rotatable bonds is 3. The number of hydrogen-bond donors (Lipinski definition) is 1. The number of nitrogens with two attached hydrogens (primary N) is 1. The van der Waals surface area contributed by atoms with Gasteiger partial charge < -0.3 is 5.73 Å². The molecule has 0 bridgehead atoms. The van der Waals surface area contributed by atoms with Crippen LogP contribution in [0.25, 0.3) is 5.82 Å². The molecule has 4 nitrogen and oxygen atoms in total. The van der Waals surface area contributed by atoms with Crippen LogP contribution in [0.2, 0.25) is 5.02 Å². The molecule has 0 unspecified atom stereocenters. The molecule has 2 heterocycles. The number of anilines is 1. The first-order valence-electron chi connectivity index (χ1n) is 5.66. The number of pyridine rings is 1. The lowest BCUT2D eigenvalue weighted by Crippen LogP contribution is -2.05. The van der Waals surface area contributed by atoms with Gasteiger partial charge in [-0.05, 0) is 25.0 Å². The van der Waals surface area contributed by atoms with Crippen molar-refractivity contribution in [1.29, 1.82) is 0 Å². The van der Waals surface area contributed by atoms with Gasteiger partial charge in [0, 0.05) is 6.20 Å². The van der Waals surface area contributed by atoms with Gasteiger partial charge in [0.05, 0.1) is 22.1 Å². The fourth-order valence-electron chi connectivity index (χ4n) is 1.83. The molecule has 0 aliphatic carbocycles. The highest BCUT2D eigenvalue weighted by atomic mass is 35.5. The molecule has 0 aromatic carbocycles. The van der Waals surface area contributed by atoms with Crippen molar-refractivity contribution in [2.24, 2.45) is 0 Å². The van der Waals surface area contributed by atoms with Crippen molar-refractivity contribution in [1.82, 2.24) is 14.8 Å². The Morgan fingerprint density at radius 2 is 2.12 bits per heavy atom. The van der Waals surface area contributed by atoms with Crippen LogP contribution in [0, 0.1) is 0 Å². The Balaban J connectivity index is 2.63. The van der Waals surface area contributed by atoms with Gasteiger partial charge in [0.25, 0.3) is 0 Å². The van der Waals surface area contributed by atoms with Gasteiger partial charge in [0.15, 0.2) is 5.82 Å². The van der Waals surface area contributed by atoms with E-state index < -0.39 is 0 Å². The van der Waals surface area contributed by atoms with Gasteiger partial charge in [-0.2, -0.15) is 5.10 Å². The van der Waals surface area contributed by atoms with E-state index in [0.717, 1.165) is 29.9 Å². The zero-order valence-electron chi connectivity index (χ0n) is 9.94. The summed E-state index contributed by atoms with van der Waals surface area (Å²) in [5.74, 6) is 0.636. The van der Waals surface area contributed by atoms with Crippen molar-refractivity contribution in [2.75, 3.05) is 5.73 Å². The summed E-state index contributed by atoms with van der Waals surface area (Å²) in [7, 11) is 0. The number of nitrogens with zero attached hydrogens (tertiary/aromatic N) is 3. The maximum Gasteiger partial charge on any atom is 0.172 e. The lowest BCUT2D eigenvalue weighted by Gasteiger charge is -2.06. The summed E-state index contributed by atoms with van der Waals surface area (Å²) >= 11 is 6.13. The van der Waals surface area contributed by atoms with Gasteiger partial charge in [-0.1, -0.05) is 25.4 Å². The van der Waals surface area contributed by atoms with Gasteiger partial charge in [0.2, 0.25) is 0 Å². The highest BCUT2D eigenvalue weighted by Crippen LogP contribution is 2.24. The lowest BCUT2D eigenvalue weighted by molar-refractivity contribution is 0.773. The Morgan fingerprint density at radius 1 is 1.35 bits per heavy atom. The fourth-order valence-corrected chi connectivity index (χ4v) is 2.03. The SMILES string of the molecule is CCc1nn(-c2ncccc2Cl)c(CC)c1N. The number of nitrogen functional groups attached to an aromatic ring is 1. The summed E-state index contributed by atoms with van der Waals surface area (Å²) in [6.45, 7) is 4.07. The van der Waals surface area contributed by atoms with E-state index in [-0.39, 0.29) is 0 Å². The predicted molar refractivity (Wildman–Crippen MR) is 69.5 cm³/mol. The highest BCUT2D eigenvalue weighted by Gasteiger charge is 2.16. The van der Waals surface area contributed by atoms with Crippen molar-refractivity contribution in [3.05, 3.63) is 34.7 Å². The van der Waals surface area contributed by atoms with Crippen molar-refractivity contribution in [2.45, 2.75) is 26.7 Å². The molecule has 0 spiro atoms. The Labute approximate surface area is 105 Å². The first-order valence-corrected chi connectivity index (χ1v) is 6.03. The normalized spacial score (nSPS) is 10.8. The molecule has 0 saturated carbocycles. The topological polar surface area (TPSA) is 56.7 Å². The molecule has 0 amide bonds. The summed E-state index contributed by atoms with van der Waals surface area (Å²) in [6, 6.07) is 3.60. The van der Waals surface area contributed by atoms with Crippen LogP contribution < -0.4 is 5.73 Å². The lowest BCUT2D eigenvalue weighted by atomic mass is 10.2. The quantitative estimate of drug-likeness (QED) is 0.911. The molecule has 2 N–H and O–H groups in total. The van der Waals surface area contributed by atoms with Crippen LogP contribution in [0.1, 0.15) is 25.2 Å². The molecule has 0 atom stereocenters. The summed E-state index contributed by atoms with van der Waals surface area (Å²) in [5.41, 5.74) is 8.66. The van der Waals surface area contributed by atoms with E-state index in [4.69, 9.17) is 17.3 Å². The second kappa shape index (κ2) is 4.75. The van der Waals surface area contributed by atoms with E-state index in [0.29, 0.717) is 10.8 Å². The van der Waals surface area contributed by atoms with Gasteiger partial charge in [0.1, 0.15) is 0 Å². The van der Waals surface area contributed by atoms with E-state index in [1.54, 1.807) is 23.0 Å². The van der Waals surface area contributed by atoms with E-state index in [1.807, 2.05) is 13.8 Å². The first kappa shape index (κ1) is 11.9. The third kappa shape index (κ3) is 2.00. The summed E-state index contributed by atoms with van der Waals surface area (Å²) in [5, 5.41) is 5.05. The van der Waals surface area contributed by atoms with Crippen LogP contribution in [0.15, 0.2) is 18.3 Å². The van der Waals surface area contributed by atoms with Gasteiger partial charge >= 0.3 is 0 Å². The molecule has 90 valence electrons. The summed E-state index contributed by atoms with van der Waals surface area (Å²) in [4.78, 5) is 4.26. The second-order valence-corrected chi connectivity index (χ2v) is 4.14. The van der Waals surface area contributed by atoms with Gasteiger partial charge in [-0.3, -0.25) is 0 Å². The molecule has 5 heteroatoms. The van der Waals surface area contributed by atoms with Crippen LogP contribution in [0.5, 0.6) is 0 Å². The zero-order chi connectivity index (χ0) is 12.4. The van der Waals surface area contributed by atoms with E-state index >= 15 is 0 Å². The van der Waals surface area contributed by atoms with Crippen LogP contribution in [-0.4, -0.2) is 14.8 Å². The average molecular weight is 251 g/mol. The molecule has 17 heavy (non-hydrogen) atoms. The molecule has 2 aromatic rings. The third-order valence-electron chi connectivity index (χ3n) is 2.71. The van der Waals surface area contributed by atoms with Crippen LogP contribution in [-0.2, 0) is 12.8 Å². The van der Waals surface area contributed by atoms with Gasteiger partial charge in [-0.15, -0.1) is 0 Å². The maximum atomic E-state index is 6.13. The summed E-state index contributed by atoms with van der Waals surface area (Å²) < 4.78 is 1.75. The monoisotopic (exact) mass is 250 g/mol. The van der Waals surface area contributed by atoms with Crippen molar-refractivity contribution >= 4 is 17.3 Å². The largest absolute Gasteiger partial charge is 0.396 e. The molecule has 0 radical (unpaired) electrons. The molecular weight excluding hydrogens is 236 g/mol. The fraction of sp³-hybridized carbons (Fsp3) is 0.333. The maximum absolute atomic E-state index is 6.13. The number of aryl methyl sites for hydroxylation is 1. The third-order valence-corrected chi connectivity index (χ3v) is 3.00. The molecule has 2 rings (SSSR count). The molecular formula is C12H15ClN4. The number of hydrogen-bond acceptors (Lipinski definition) is 3. The van der Waals surface area contributed by atoms with Crippen LogP contribution in [0.4, 0.5) is 5.69 Å². The second-order valence-electron chi connectivity index (χ2n) is 3.73. The number of aromatic nitrogens is 3. The number of halogens is 1. The predicted octanol–water partition coefficient (Wildman–Crippen LogP) is 2.63. The molecule has 0 aliphatic heterocycles. The average Bonchev–Trinajstić information content (AvgIpc) is 2.66. The Kier molecular flexibility index (Phi) is 3.33. The standard InChI is InChI=1S/C12H15ClN4/c1-3-9-11(14)10(4-2)17(16-9)12-8(13)6-5-7-15-12/h5-7H,3-4,14H2,1-2H3. The Hall–Kier alpha value is -1.55. The highest BCUT2D eigenvalue weighted by molar-refractivity contribution is 6.32. The minimum Gasteiger partial charge on any atom is -0.396 e. The van der Waals surface area contributed by atoms with E-state index in [1.165, 1.54) is 0 Å². The van der Waals surface area contributed by atoms with Crippen molar-refractivity contribution in [3.8, 4) is 5.82 Å². The first-order chi connectivity index (χ1) is 8.19. The minimum absolute atomic E-state index is 0.576. The smallest absolute Gasteiger partial charge is 0.172 e. The molecule has 2 aromatic heterocycles. The van der Waals surface area contributed by atoms with Crippen molar-refractivity contribution in [3.63, 3.8) is 0 Å². The molecule has 0 fully saturated rings. The minimum atomic E-state index is 0.576. The van der Waals surface area contributed by atoms with Gasteiger partial charge in [-0.25, -0.2) is 9.67 Å².